The predicted octanol–water partition coefficient (Wildman–Crippen LogP) is 4.77. The third-order valence-corrected chi connectivity index (χ3v) is 8.84. The van der Waals surface area contributed by atoms with Crippen molar-refractivity contribution < 1.29 is 26.7 Å². The van der Waals surface area contributed by atoms with Crippen LogP contribution in [0, 0.1) is 17.6 Å². The molecule has 29 heavy (non-hydrogen) atoms. The van der Waals surface area contributed by atoms with Crippen LogP contribution >= 0.6 is 15.9 Å². The van der Waals surface area contributed by atoms with E-state index in [1.165, 1.54) is 12.1 Å². The summed E-state index contributed by atoms with van der Waals surface area (Å²) in [5.74, 6) is -2.63. The average molecular weight is 485 g/mol. The second-order valence-electron chi connectivity index (χ2n) is 7.18. The molecule has 0 saturated carbocycles. The highest BCUT2D eigenvalue weighted by atomic mass is 79.9. The van der Waals surface area contributed by atoms with E-state index in [4.69, 9.17) is 9.47 Å². The molecule has 0 spiro atoms. The Balaban J connectivity index is 2.03. The summed E-state index contributed by atoms with van der Waals surface area (Å²) >= 11 is 3.30. The zero-order valence-electron chi connectivity index (χ0n) is 15.4. The van der Waals surface area contributed by atoms with Gasteiger partial charge in [-0.2, -0.15) is 0 Å². The molecule has 0 bridgehead atoms. The lowest BCUT2D eigenvalue weighted by Crippen LogP contribution is -2.57. The molecule has 0 radical (unpaired) electrons. The number of halogens is 3. The Hall–Kier alpha value is -1.77. The molecule has 0 amide bonds. The van der Waals surface area contributed by atoms with Crippen LogP contribution in [0.1, 0.15) is 18.4 Å². The van der Waals surface area contributed by atoms with Crippen molar-refractivity contribution in [3.63, 3.8) is 0 Å². The molecule has 2 aliphatic heterocycles. The van der Waals surface area contributed by atoms with Crippen LogP contribution in [0.5, 0.6) is 5.75 Å². The normalized spacial score (nSPS) is 26.2. The average Bonchev–Trinajstić information content (AvgIpc) is 2.71. The molecule has 4 nitrogen and oxygen atoms in total. The number of benzene rings is 2. The van der Waals surface area contributed by atoms with Crippen LogP contribution in [0.15, 0.2) is 58.4 Å². The fourth-order valence-electron chi connectivity index (χ4n) is 4.45. The minimum atomic E-state index is -4.13. The molecule has 3 atom stereocenters. The predicted molar refractivity (Wildman–Crippen MR) is 108 cm³/mol. The summed E-state index contributed by atoms with van der Waals surface area (Å²) in [5, 5.41) is 0. The molecule has 0 aromatic heterocycles. The van der Waals surface area contributed by atoms with Gasteiger partial charge in [-0.3, -0.25) is 0 Å². The molecule has 2 aromatic carbocycles. The molecular weight excluding hydrogens is 466 g/mol. The van der Waals surface area contributed by atoms with Gasteiger partial charge in [0.1, 0.15) is 10.6 Å². The molecule has 154 valence electrons. The monoisotopic (exact) mass is 484 g/mol. The Morgan fingerprint density at radius 2 is 1.86 bits per heavy atom. The summed E-state index contributed by atoms with van der Waals surface area (Å²) in [6.45, 7) is 3.71. The van der Waals surface area contributed by atoms with Crippen molar-refractivity contribution >= 4 is 25.8 Å². The molecule has 0 N–H and O–H groups in total. The first-order valence-corrected chi connectivity index (χ1v) is 11.4. The molecule has 1 fully saturated rings. The third-order valence-electron chi connectivity index (χ3n) is 5.74. The Kier molecular flexibility index (Phi) is 5.29. The van der Waals surface area contributed by atoms with Crippen LogP contribution in [0.25, 0.3) is 0 Å². The Bertz CT molecular complexity index is 1060. The molecule has 2 aliphatic rings. The van der Waals surface area contributed by atoms with Gasteiger partial charge in [0.2, 0.25) is 0 Å². The summed E-state index contributed by atoms with van der Waals surface area (Å²) in [7, 11) is -4.13. The molecule has 1 saturated heterocycles. The van der Waals surface area contributed by atoms with Gasteiger partial charge in [0.05, 0.1) is 23.2 Å². The lowest BCUT2D eigenvalue weighted by molar-refractivity contribution is -0.0704. The highest BCUT2D eigenvalue weighted by Crippen LogP contribution is 2.55. The molecule has 0 aliphatic carbocycles. The van der Waals surface area contributed by atoms with E-state index in [-0.39, 0.29) is 35.8 Å². The van der Waals surface area contributed by atoms with E-state index < -0.39 is 38.2 Å². The van der Waals surface area contributed by atoms with Crippen molar-refractivity contribution in [2.75, 3.05) is 13.2 Å². The van der Waals surface area contributed by atoms with Gasteiger partial charge in [0.15, 0.2) is 21.4 Å². The fourth-order valence-corrected chi connectivity index (χ4v) is 7.06. The summed E-state index contributed by atoms with van der Waals surface area (Å²) in [5.41, 5.74) is -0.242. The first-order valence-electron chi connectivity index (χ1n) is 9.17. The third kappa shape index (κ3) is 3.04. The van der Waals surface area contributed by atoms with Gasteiger partial charge in [0.25, 0.3) is 0 Å². The highest BCUT2D eigenvalue weighted by molar-refractivity contribution is 9.10. The zero-order valence-corrected chi connectivity index (χ0v) is 17.8. The maximum Gasteiger partial charge on any atom is 0.189 e. The largest absolute Gasteiger partial charge is 0.490 e. The van der Waals surface area contributed by atoms with Gasteiger partial charge in [-0.25, -0.2) is 17.2 Å². The highest BCUT2D eigenvalue weighted by Gasteiger charge is 2.61. The number of hydrogen-bond acceptors (Lipinski definition) is 4. The van der Waals surface area contributed by atoms with E-state index in [1.54, 1.807) is 18.2 Å². The van der Waals surface area contributed by atoms with Crippen LogP contribution < -0.4 is 4.74 Å². The van der Waals surface area contributed by atoms with Gasteiger partial charge in [-0.15, -0.1) is 6.58 Å². The summed E-state index contributed by atoms with van der Waals surface area (Å²) in [6, 6.07) is 8.07. The zero-order chi connectivity index (χ0) is 20.8. The van der Waals surface area contributed by atoms with Crippen molar-refractivity contribution in [2.24, 2.45) is 5.92 Å². The topological polar surface area (TPSA) is 52.6 Å². The van der Waals surface area contributed by atoms with Crippen LogP contribution in [-0.2, 0) is 19.3 Å². The fraction of sp³-hybridized carbons (Fsp3) is 0.333. The van der Waals surface area contributed by atoms with Crippen LogP contribution in [-0.4, -0.2) is 27.7 Å². The molecule has 0 unspecified atom stereocenters. The van der Waals surface area contributed by atoms with Crippen molar-refractivity contribution in [1.29, 1.82) is 0 Å². The Morgan fingerprint density at radius 3 is 2.55 bits per heavy atom. The van der Waals surface area contributed by atoms with Gasteiger partial charge in [0, 0.05) is 17.0 Å². The first kappa shape index (κ1) is 20.5. The number of ether oxygens (including phenoxy) is 2. The van der Waals surface area contributed by atoms with Crippen LogP contribution in [0.4, 0.5) is 8.78 Å². The lowest BCUT2D eigenvalue weighted by Gasteiger charge is -2.50. The van der Waals surface area contributed by atoms with Crippen molar-refractivity contribution in [2.45, 2.75) is 28.6 Å². The quantitative estimate of drug-likeness (QED) is 0.586. The molecule has 2 heterocycles. The van der Waals surface area contributed by atoms with Gasteiger partial charge in [-0.05, 0) is 49.2 Å². The van der Waals surface area contributed by atoms with E-state index in [2.05, 4.69) is 22.5 Å². The molecular formula is C21H19BrF2O4S. The van der Waals surface area contributed by atoms with Gasteiger partial charge in [-0.1, -0.05) is 22.0 Å². The summed E-state index contributed by atoms with van der Waals surface area (Å²) < 4.78 is 68.0. The minimum Gasteiger partial charge on any atom is -0.490 e. The summed E-state index contributed by atoms with van der Waals surface area (Å²) in [6.07, 6.45) is 1.46. The number of sulfone groups is 1. The Morgan fingerprint density at radius 1 is 1.17 bits per heavy atom. The van der Waals surface area contributed by atoms with E-state index >= 15 is 4.39 Å². The van der Waals surface area contributed by atoms with Crippen molar-refractivity contribution in [3.8, 4) is 5.75 Å². The van der Waals surface area contributed by atoms with Crippen molar-refractivity contribution in [1.82, 2.24) is 0 Å². The van der Waals surface area contributed by atoms with E-state index in [0.717, 1.165) is 12.1 Å². The summed E-state index contributed by atoms with van der Waals surface area (Å²) in [4.78, 5) is 0.0430. The number of hydrogen-bond donors (Lipinski definition) is 0. The smallest absolute Gasteiger partial charge is 0.189 e. The molecule has 2 aromatic rings. The van der Waals surface area contributed by atoms with Gasteiger partial charge < -0.3 is 9.47 Å². The lowest BCUT2D eigenvalue weighted by atomic mass is 9.75. The molecule has 8 heteroatoms. The number of rotatable bonds is 4. The number of fused-ring (bicyclic) bond motifs is 3. The first-order chi connectivity index (χ1) is 13.8. The second-order valence-corrected chi connectivity index (χ2v) is 10.3. The Labute approximate surface area is 176 Å². The van der Waals surface area contributed by atoms with Crippen molar-refractivity contribution in [3.05, 3.63) is 70.7 Å². The van der Waals surface area contributed by atoms with E-state index in [0.29, 0.717) is 10.9 Å². The maximum atomic E-state index is 15.1. The SMILES string of the molecule is C=CC[C@@H]1OCC[C@@]2(S(=O)(=O)c3ccc(Br)cc3)c3c(F)ccc(F)c3OC[C@@H]12. The van der Waals surface area contributed by atoms with Crippen LogP contribution in [0.2, 0.25) is 0 Å². The molecule has 4 rings (SSSR count). The van der Waals surface area contributed by atoms with E-state index in [1.807, 2.05) is 0 Å². The maximum absolute atomic E-state index is 15.1. The second kappa shape index (κ2) is 7.49. The van der Waals surface area contributed by atoms with Crippen LogP contribution in [0.3, 0.4) is 0 Å². The van der Waals surface area contributed by atoms with Gasteiger partial charge >= 0.3 is 0 Å². The minimum absolute atomic E-state index is 0.000437. The van der Waals surface area contributed by atoms with E-state index in [9.17, 15) is 12.8 Å². The standard InChI is InChI=1S/C21H19BrF2O4S/c1-2-3-18-15-12-28-20-17(24)9-8-16(23)19(20)21(15,10-11-27-18)29(25,26)14-6-4-13(22)5-7-14/h2,4-9,15,18H,1,3,10-12H2/t15-,18-,21-/m0/s1.